The lowest BCUT2D eigenvalue weighted by molar-refractivity contribution is 0.696. The van der Waals surface area contributed by atoms with E-state index in [-0.39, 0.29) is 5.56 Å². The van der Waals surface area contributed by atoms with Crippen molar-refractivity contribution in [2.24, 2.45) is 0 Å². The van der Waals surface area contributed by atoms with Gasteiger partial charge in [-0.1, -0.05) is 17.7 Å². The summed E-state index contributed by atoms with van der Waals surface area (Å²) in [6.07, 6.45) is 0. The summed E-state index contributed by atoms with van der Waals surface area (Å²) in [5.41, 5.74) is 1.94. The van der Waals surface area contributed by atoms with Crippen molar-refractivity contribution < 1.29 is 0 Å². The normalized spacial score (nSPS) is 11.2. The summed E-state index contributed by atoms with van der Waals surface area (Å²) in [5, 5.41) is 1.37. The number of fused-ring (bicyclic) bond motifs is 1. The molecule has 4 nitrogen and oxygen atoms in total. The zero-order valence-corrected chi connectivity index (χ0v) is 13.5. The Bertz CT molecular complexity index is 898. The molecule has 0 unspecified atom stereocenters. The molecule has 0 bridgehead atoms. The Morgan fingerprint density at radius 3 is 2.71 bits per heavy atom. The zero-order chi connectivity index (χ0) is 15.1. The Labute approximate surface area is 131 Å². The minimum Gasteiger partial charge on any atom is -0.305 e. The first kappa shape index (κ1) is 14.2. The molecular weight excluding hydrogens is 306 g/mol. The summed E-state index contributed by atoms with van der Waals surface area (Å²) >= 11 is 7.90. The maximum absolute atomic E-state index is 11.9. The molecule has 6 heteroatoms. The zero-order valence-electron chi connectivity index (χ0n) is 12.0. The van der Waals surface area contributed by atoms with Crippen LogP contribution in [0.2, 0.25) is 5.15 Å². The van der Waals surface area contributed by atoms with Gasteiger partial charge in [0.2, 0.25) is 0 Å². The van der Waals surface area contributed by atoms with E-state index in [1.165, 1.54) is 10.9 Å². The van der Waals surface area contributed by atoms with Crippen molar-refractivity contribution in [3.8, 4) is 0 Å². The lowest BCUT2D eigenvalue weighted by Gasteiger charge is -2.08. The minimum absolute atomic E-state index is 0.0617. The van der Waals surface area contributed by atoms with Crippen LogP contribution in [0.4, 0.5) is 0 Å². The fraction of sp³-hybridized carbons (Fsp3) is 0.267. The lowest BCUT2D eigenvalue weighted by Crippen LogP contribution is -2.22. The summed E-state index contributed by atoms with van der Waals surface area (Å²) in [4.78, 5) is 22.9. The highest BCUT2D eigenvalue weighted by Gasteiger charge is 2.14. The molecule has 0 spiro atoms. The molecule has 0 saturated carbocycles. The molecule has 0 amide bonds. The van der Waals surface area contributed by atoms with Gasteiger partial charge in [-0.05, 0) is 32.4 Å². The van der Waals surface area contributed by atoms with Crippen LogP contribution in [0.1, 0.15) is 22.0 Å². The third-order valence-corrected chi connectivity index (χ3v) is 4.97. The first-order valence-corrected chi connectivity index (χ1v) is 7.75. The van der Waals surface area contributed by atoms with E-state index in [9.17, 15) is 4.79 Å². The molecule has 0 saturated heterocycles. The predicted octanol–water partition coefficient (Wildman–Crippen LogP) is 3.48. The van der Waals surface area contributed by atoms with Crippen LogP contribution >= 0.6 is 22.9 Å². The third kappa shape index (κ3) is 2.47. The molecule has 21 heavy (non-hydrogen) atoms. The van der Waals surface area contributed by atoms with Crippen LogP contribution in [0.15, 0.2) is 23.0 Å². The van der Waals surface area contributed by atoms with Gasteiger partial charge in [-0.15, -0.1) is 11.3 Å². The SMILES string of the molecule is Cc1sc2nc(Cn3c(C)cccc3=O)nc(Cl)c2c1C. The number of pyridine rings is 1. The van der Waals surface area contributed by atoms with Crippen LogP contribution in [0.5, 0.6) is 0 Å². The number of hydrogen-bond donors (Lipinski definition) is 0. The average molecular weight is 320 g/mol. The molecule has 0 aliphatic heterocycles. The van der Waals surface area contributed by atoms with Crippen LogP contribution in [0.25, 0.3) is 10.2 Å². The van der Waals surface area contributed by atoms with E-state index < -0.39 is 0 Å². The molecule has 3 aromatic heterocycles. The van der Waals surface area contributed by atoms with Crippen LogP contribution in [-0.4, -0.2) is 14.5 Å². The quantitative estimate of drug-likeness (QED) is 0.679. The molecule has 0 fully saturated rings. The van der Waals surface area contributed by atoms with Gasteiger partial charge in [0.25, 0.3) is 5.56 Å². The van der Waals surface area contributed by atoms with E-state index in [1.807, 2.05) is 26.8 Å². The van der Waals surface area contributed by atoms with Crippen LogP contribution in [-0.2, 0) is 6.54 Å². The molecule has 108 valence electrons. The smallest absolute Gasteiger partial charge is 0.251 e. The summed E-state index contributed by atoms with van der Waals surface area (Å²) < 4.78 is 1.64. The summed E-state index contributed by atoms with van der Waals surface area (Å²) in [6, 6.07) is 5.17. The average Bonchev–Trinajstić information content (AvgIpc) is 2.70. The molecule has 0 atom stereocenters. The number of aromatic nitrogens is 3. The molecular formula is C15H14ClN3OS. The molecule has 0 radical (unpaired) electrons. The largest absolute Gasteiger partial charge is 0.305 e. The molecule has 0 aliphatic rings. The van der Waals surface area contributed by atoms with Crippen molar-refractivity contribution >= 4 is 33.2 Å². The Morgan fingerprint density at radius 2 is 2.00 bits per heavy atom. The molecule has 0 aromatic carbocycles. The van der Waals surface area contributed by atoms with Gasteiger partial charge in [-0.3, -0.25) is 4.79 Å². The van der Waals surface area contributed by atoms with Crippen molar-refractivity contribution in [2.45, 2.75) is 27.3 Å². The van der Waals surface area contributed by atoms with Gasteiger partial charge in [0.05, 0.1) is 11.9 Å². The monoisotopic (exact) mass is 319 g/mol. The first-order chi connectivity index (χ1) is 9.97. The molecule has 0 N–H and O–H groups in total. The van der Waals surface area contributed by atoms with Crippen molar-refractivity contribution in [3.63, 3.8) is 0 Å². The molecule has 3 rings (SSSR count). The van der Waals surface area contributed by atoms with Crippen molar-refractivity contribution in [1.29, 1.82) is 0 Å². The first-order valence-electron chi connectivity index (χ1n) is 6.56. The maximum Gasteiger partial charge on any atom is 0.251 e. The van der Waals surface area contributed by atoms with E-state index in [0.29, 0.717) is 17.5 Å². The van der Waals surface area contributed by atoms with Crippen LogP contribution < -0.4 is 5.56 Å². The van der Waals surface area contributed by atoms with Gasteiger partial charge in [0.15, 0.2) is 5.82 Å². The van der Waals surface area contributed by atoms with Gasteiger partial charge in [0, 0.05) is 16.6 Å². The lowest BCUT2D eigenvalue weighted by atomic mass is 10.2. The van der Waals surface area contributed by atoms with Crippen LogP contribution in [0.3, 0.4) is 0 Å². The maximum atomic E-state index is 11.9. The van der Waals surface area contributed by atoms with Crippen LogP contribution in [0, 0.1) is 20.8 Å². The van der Waals surface area contributed by atoms with E-state index >= 15 is 0 Å². The van der Waals surface area contributed by atoms with Crippen molar-refractivity contribution in [1.82, 2.24) is 14.5 Å². The van der Waals surface area contributed by atoms with Crippen molar-refractivity contribution in [3.05, 3.63) is 55.7 Å². The van der Waals surface area contributed by atoms with E-state index in [0.717, 1.165) is 21.5 Å². The summed E-state index contributed by atoms with van der Waals surface area (Å²) in [5.74, 6) is 0.560. The number of aryl methyl sites for hydroxylation is 3. The van der Waals surface area contributed by atoms with E-state index in [4.69, 9.17) is 11.6 Å². The fourth-order valence-electron chi connectivity index (χ4n) is 2.28. The number of thiophene rings is 1. The molecule has 3 aromatic rings. The fourth-order valence-corrected chi connectivity index (χ4v) is 3.71. The second-order valence-electron chi connectivity index (χ2n) is 4.99. The topological polar surface area (TPSA) is 47.8 Å². The Kier molecular flexibility index (Phi) is 3.55. The Morgan fingerprint density at radius 1 is 1.24 bits per heavy atom. The van der Waals surface area contributed by atoms with Crippen molar-refractivity contribution in [2.75, 3.05) is 0 Å². The number of rotatable bonds is 2. The molecule has 0 aliphatic carbocycles. The number of nitrogens with zero attached hydrogens (tertiary/aromatic N) is 3. The van der Waals surface area contributed by atoms with Gasteiger partial charge in [0.1, 0.15) is 9.98 Å². The van der Waals surface area contributed by atoms with Gasteiger partial charge >= 0.3 is 0 Å². The Hall–Kier alpha value is -1.72. The Balaban J connectivity index is 2.12. The van der Waals surface area contributed by atoms with Gasteiger partial charge in [-0.25, -0.2) is 9.97 Å². The van der Waals surface area contributed by atoms with E-state index in [2.05, 4.69) is 9.97 Å². The highest BCUT2D eigenvalue weighted by Crippen LogP contribution is 2.32. The standard InChI is InChI=1S/C15H14ClN3OS/c1-8-5-4-6-12(20)19(8)7-11-17-14(16)13-9(2)10(3)21-15(13)18-11/h4-6H,7H2,1-3H3. The number of halogens is 1. The summed E-state index contributed by atoms with van der Waals surface area (Å²) in [6.45, 7) is 6.29. The van der Waals surface area contributed by atoms with E-state index in [1.54, 1.807) is 22.0 Å². The second kappa shape index (κ2) is 5.24. The number of hydrogen-bond acceptors (Lipinski definition) is 4. The highest BCUT2D eigenvalue weighted by atomic mass is 35.5. The molecule has 3 heterocycles. The van der Waals surface area contributed by atoms with Gasteiger partial charge < -0.3 is 4.57 Å². The summed E-state index contributed by atoms with van der Waals surface area (Å²) in [7, 11) is 0. The third-order valence-electron chi connectivity index (χ3n) is 3.60. The highest BCUT2D eigenvalue weighted by molar-refractivity contribution is 7.18. The predicted molar refractivity (Wildman–Crippen MR) is 86.4 cm³/mol. The van der Waals surface area contributed by atoms with Gasteiger partial charge in [-0.2, -0.15) is 0 Å². The minimum atomic E-state index is -0.0617. The second-order valence-corrected chi connectivity index (χ2v) is 6.55.